The molecule has 1 aliphatic heterocycles. The van der Waals surface area contributed by atoms with Crippen LogP contribution in [0.3, 0.4) is 0 Å². The van der Waals surface area contributed by atoms with Gasteiger partial charge in [0.25, 0.3) is 0 Å². The van der Waals surface area contributed by atoms with E-state index in [0.717, 1.165) is 19.2 Å². The third-order valence-electron chi connectivity index (χ3n) is 3.20. The highest BCUT2D eigenvalue weighted by Crippen LogP contribution is 2.19. The minimum atomic E-state index is -0.623. The van der Waals surface area contributed by atoms with Crippen LogP contribution in [0.25, 0.3) is 0 Å². The molecule has 1 aromatic heterocycles. The SMILES string of the molecule is CN(CCN1CCCC1=O)c1ncc([N+](=O)[O-])c(N)n1. The molecule has 0 spiro atoms. The molecule has 9 heteroatoms. The number of rotatable bonds is 5. The molecule has 0 radical (unpaired) electrons. The van der Waals surface area contributed by atoms with E-state index in [1.165, 1.54) is 0 Å². The third-order valence-corrected chi connectivity index (χ3v) is 3.20. The van der Waals surface area contributed by atoms with Gasteiger partial charge in [0.2, 0.25) is 17.7 Å². The van der Waals surface area contributed by atoms with Gasteiger partial charge in [-0.1, -0.05) is 0 Å². The standard InChI is InChI=1S/C11H16N6O3/c1-15(5-6-16-4-2-3-9(16)18)11-13-7-8(17(19)20)10(12)14-11/h7H,2-6H2,1H3,(H2,12,13,14). The summed E-state index contributed by atoms with van der Waals surface area (Å²) in [5.74, 6) is 0.298. The number of carbonyl (C=O) groups is 1. The molecule has 108 valence electrons. The van der Waals surface area contributed by atoms with Gasteiger partial charge in [0.05, 0.1) is 4.92 Å². The lowest BCUT2D eigenvalue weighted by atomic mass is 10.4. The summed E-state index contributed by atoms with van der Waals surface area (Å²) in [7, 11) is 1.75. The molecular weight excluding hydrogens is 264 g/mol. The summed E-state index contributed by atoms with van der Waals surface area (Å²) in [6, 6.07) is 0. The number of nitrogens with zero attached hydrogens (tertiary/aromatic N) is 5. The summed E-state index contributed by atoms with van der Waals surface area (Å²) < 4.78 is 0. The van der Waals surface area contributed by atoms with Crippen molar-refractivity contribution in [3.63, 3.8) is 0 Å². The van der Waals surface area contributed by atoms with Gasteiger partial charge in [-0.2, -0.15) is 4.98 Å². The Morgan fingerprint density at radius 1 is 1.60 bits per heavy atom. The van der Waals surface area contributed by atoms with E-state index in [2.05, 4.69) is 9.97 Å². The number of anilines is 2. The lowest BCUT2D eigenvalue weighted by Crippen LogP contribution is -2.34. The summed E-state index contributed by atoms with van der Waals surface area (Å²) >= 11 is 0. The lowest BCUT2D eigenvalue weighted by molar-refractivity contribution is -0.384. The van der Waals surface area contributed by atoms with Crippen LogP contribution in [0.1, 0.15) is 12.8 Å². The predicted molar refractivity (Wildman–Crippen MR) is 72.2 cm³/mol. The Hall–Kier alpha value is -2.45. The predicted octanol–water partition coefficient (Wildman–Crippen LogP) is 0.0256. The van der Waals surface area contributed by atoms with Crippen molar-refractivity contribution in [2.24, 2.45) is 0 Å². The van der Waals surface area contributed by atoms with Crippen LogP contribution in [-0.4, -0.2) is 52.4 Å². The quantitative estimate of drug-likeness (QED) is 0.596. The lowest BCUT2D eigenvalue weighted by Gasteiger charge is -2.21. The van der Waals surface area contributed by atoms with Gasteiger partial charge in [0.15, 0.2) is 0 Å². The number of nitrogens with two attached hydrogens (primary N) is 1. The molecule has 1 aromatic rings. The molecule has 0 saturated carbocycles. The first kappa shape index (κ1) is 14.0. The Morgan fingerprint density at radius 2 is 2.35 bits per heavy atom. The number of amides is 1. The molecular formula is C11H16N6O3. The summed E-state index contributed by atoms with van der Waals surface area (Å²) in [6.07, 6.45) is 2.59. The van der Waals surface area contributed by atoms with Gasteiger partial charge in [0.1, 0.15) is 6.20 Å². The fourth-order valence-electron chi connectivity index (χ4n) is 2.01. The zero-order valence-electron chi connectivity index (χ0n) is 11.2. The maximum absolute atomic E-state index is 11.5. The van der Waals surface area contributed by atoms with Crippen LogP contribution in [0.2, 0.25) is 0 Å². The summed E-state index contributed by atoms with van der Waals surface area (Å²) in [5.41, 5.74) is 5.21. The average Bonchev–Trinajstić information content (AvgIpc) is 2.81. The van der Waals surface area contributed by atoms with E-state index in [1.54, 1.807) is 16.8 Å². The van der Waals surface area contributed by atoms with Crippen LogP contribution in [0.15, 0.2) is 6.20 Å². The van der Waals surface area contributed by atoms with E-state index in [9.17, 15) is 14.9 Å². The zero-order valence-corrected chi connectivity index (χ0v) is 11.2. The monoisotopic (exact) mass is 280 g/mol. The van der Waals surface area contributed by atoms with Crippen LogP contribution in [0.5, 0.6) is 0 Å². The van der Waals surface area contributed by atoms with Crippen LogP contribution in [0.4, 0.5) is 17.5 Å². The van der Waals surface area contributed by atoms with Gasteiger partial charge in [-0.3, -0.25) is 14.9 Å². The van der Waals surface area contributed by atoms with E-state index < -0.39 is 4.92 Å². The number of aromatic nitrogens is 2. The number of hydrogen-bond donors (Lipinski definition) is 1. The molecule has 2 heterocycles. The number of hydrogen-bond acceptors (Lipinski definition) is 7. The molecule has 2 rings (SSSR count). The minimum Gasteiger partial charge on any atom is -0.378 e. The van der Waals surface area contributed by atoms with Gasteiger partial charge in [-0.15, -0.1) is 0 Å². The normalized spacial score (nSPS) is 14.7. The molecule has 1 amide bonds. The van der Waals surface area contributed by atoms with E-state index in [4.69, 9.17) is 5.73 Å². The van der Waals surface area contributed by atoms with Crippen LogP contribution < -0.4 is 10.6 Å². The highest BCUT2D eigenvalue weighted by molar-refractivity contribution is 5.78. The molecule has 9 nitrogen and oxygen atoms in total. The van der Waals surface area contributed by atoms with E-state index in [-0.39, 0.29) is 17.4 Å². The molecule has 1 aliphatic rings. The maximum atomic E-state index is 11.5. The molecule has 0 aliphatic carbocycles. The van der Waals surface area contributed by atoms with Crippen molar-refractivity contribution >= 4 is 23.4 Å². The Balaban J connectivity index is 1.98. The zero-order chi connectivity index (χ0) is 14.7. The number of carbonyl (C=O) groups excluding carboxylic acids is 1. The van der Waals surface area contributed by atoms with Crippen molar-refractivity contribution in [1.29, 1.82) is 0 Å². The molecule has 0 aromatic carbocycles. The highest BCUT2D eigenvalue weighted by atomic mass is 16.6. The van der Waals surface area contributed by atoms with Crippen LogP contribution >= 0.6 is 0 Å². The second-order valence-corrected chi connectivity index (χ2v) is 4.60. The summed E-state index contributed by atoms with van der Waals surface area (Å²) in [5, 5.41) is 10.6. The number of likely N-dealkylation sites (N-methyl/N-ethyl adjacent to an activating group) is 1. The van der Waals surface area contributed by atoms with Crippen LogP contribution in [0, 0.1) is 10.1 Å². The maximum Gasteiger partial charge on any atom is 0.329 e. The molecule has 0 atom stereocenters. The van der Waals surface area contributed by atoms with Gasteiger partial charge >= 0.3 is 5.69 Å². The van der Waals surface area contributed by atoms with Gasteiger partial charge < -0.3 is 15.5 Å². The molecule has 20 heavy (non-hydrogen) atoms. The highest BCUT2D eigenvalue weighted by Gasteiger charge is 2.21. The average molecular weight is 280 g/mol. The number of likely N-dealkylation sites (tertiary alicyclic amines) is 1. The summed E-state index contributed by atoms with van der Waals surface area (Å²) in [6.45, 7) is 1.90. The molecule has 1 saturated heterocycles. The second kappa shape index (κ2) is 5.68. The Morgan fingerprint density at radius 3 is 2.90 bits per heavy atom. The summed E-state index contributed by atoms with van der Waals surface area (Å²) in [4.78, 5) is 32.8. The Kier molecular flexibility index (Phi) is 3.97. The first-order chi connectivity index (χ1) is 9.49. The van der Waals surface area contributed by atoms with Crippen molar-refractivity contribution in [1.82, 2.24) is 14.9 Å². The molecule has 0 bridgehead atoms. The van der Waals surface area contributed by atoms with Crippen molar-refractivity contribution in [2.75, 3.05) is 37.3 Å². The van der Waals surface area contributed by atoms with Crippen molar-refractivity contribution < 1.29 is 9.72 Å². The fraction of sp³-hybridized carbons (Fsp3) is 0.545. The third kappa shape index (κ3) is 2.92. The smallest absolute Gasteiger partial charge is 0.329 e. The number of nitrogen functional groups attached to an aromatic ring is 1. The van der Waals surface area contributed by atoms with Gasteiger partial charge in [-0.25, -0.2) is 4.98 Å². The fourth-order valence-corrected chi connectivity index (χ4v) is 2.01. The van der Waals surface area contributed by atoms with E-state index in [1.807, 2.05) is 0 Å². The van der Waals surface area contributed by atoms with Crippen LogP contribution in [-0.2, 0) is 4.79 Å². The first-order valence-electron chi connectivity index (χ1n) is 6.25. The van der Waals surface area contributed by atoms with Crippen molar-refractivity contribution in [3.8, 4) is 0 Å². The van der Waals surface area contributed by atoms with Crippen molar-refractivity contribution in [3.05, 3.63) is 16.3 Å². The first-order valence-corrected chi connectivity index (χ1v) is 6.25. The second-order valence-electron chi connectivity index (χ2n) is 4.60. The Labute approximate surface area is 115 Å². The number of nitro groups is 1. The van der Waals surface area contributed by atoms with E-state index in [0.29, 0.717) is 25.5 Å². The topological polar surface area (TPSA) is 118 Å². The minimum absolute atomic E-state index is 0.155. The molecule has 2 N–H and O–H groups in total. The van der Waals surface area contributed by atoms with Gasteiger partial charge in [0, 0.05) is 33.1 Å². The molecule has 0 unspecified atom stereocenters. The Bertz CT molecular complexity index is 535. The van der Waals surface area contributed by atoms with E-state index >= 15 is 0 Å². The van der Waals surface area contributed by atoms with Gasteiger partial charge in [-0.05, 0) is 6.42 Å². The van der Waals surface area contributed by atoms with Crippen molar-refractivity contribution in [2.45, 2.75) is 12.8 Å². The largest absolute Gasteiger partial charge is 0.378 e. The molecule has 1 fully saturated rings.